The fraction of sp³-hybridized carbons (Fsp3) is 0.652. The van der Waals surface area contributed by atoms with Gasteiger partial charge in [0.1, 0.15) is 0 Å². The van der Waals surface area contributed by atoms with Gasteiger partial charge in [-0.1, -0.05) is 69.9 Å². The number of unbranched alkanes of at least 4 members (excludes halogenated alkanes) is 2. The van der Waals surface area contributed by atoms with Gasteiger partial charge in [-0.3, -0.25) is 0 Å². The first-order valence-electron chi connectivity index (χ1n) is 10.3. The molecule has 0 bridgehead atoms. The molecule has 0 amide bonds. The molecule has 1 saturated carbocycles. The molecule has 2 aliphatic carbocycles. The Labute approximate surface area is 151 Å². The number of benzene rings is 1. The molecule has 0 spiro atoms. The number of halogens is 2. The van der Waals surface area contributed by atoms with Crippen LogP contribution in [-0.2, 0) is 12.8 Å². The van der Waals surface area contributed by atoms with Gasteiger partial charge in [0.15, 0.2) is 11.6 Å². The summed E-state index contributed by atoms with van der Waals surface area (Å²) < 4.78 is 26.8. The quantitative estimate of drug-likeness (QED) is 0.363. The highest BCUT2D eigenvalue weighted by Crippen LogP contribution is 2.35. The van der Waals surface area contributed by atoms with Gasteiger partial charge in [0.2, 0.25) is 0 Å². The first-order valence-corrected chi connectivity index (χ1v) is 10.3. The molecule has 0 saturated heterocycles. The lowest BCUT2D eigenvalue weighted by molar-refractivity contribution is 0.249. The van der Waals surface area contributed by atoms with Crippen molar-refractivity contribution in [3.63, 3.8) is 0 Å². The van der Waals surface area contributed by atoms with Crippen molar-refractivity contribution in [1.82, 2.24) is 0 Å². The van der Waals surface area contributed by atoms with E-state index in [-0.39, 0.29) is 0 Å². The van der Waals surface area contributed by atoms with Crippen LogP contribution in [0.4, 0.5) is 8.78 Å². The van der Waals surface area contributed by atoms with E-state index in [1.54, 1.807) is 0 Å². The van der Waals surface area contributed by atoms with Gasteiger partial charge in [-0.05, 0) is 60.8 Å². The largest absolute Gasteiger partial charge is 0.204 e. The molecule has 0 unspecified atom stereocenters. The van der Waals surface area contributed by atoms with Crippen molar-refractivity contribution in [1.29, 1.82) is 0 Å². The van der Waals surface area contributed by atoms with Crippen LogP contribution in [0.2, 0.25) is 0 Å². The molecule has 1 aromatic carbocycles. The smallest absolute Gasteiger partial charge is 0.159 e. The Morgan fingerprint density at radius 1 is 0.880 bits per heavy atom. The predicted octanol–water partition coefficient (Wildman–Crippen LogP) is 7.16. The average Bonchev–Trinajstić information content (AvgIpc) is 2.62. The van der Waals surface area contributed by atoms with Crippen LogP contribution in [0.25, 0.3) is 0 Å². The number of allylic oxidation sites excluding steroid dienone is 2. The standard InChI is InChI=1S/C23H32F2/c1-2-3-4-5-17-6-8-18(9-7-17)10-11-19-12-13-20-15-22(24)23(25)16-21(20)14-19/h12,15-18H,2-11,13-14H2,1H3. The predicted molar refractivity (Wildman–Crippen MR) is 101 cm³/mol. The Morgan fingerprint density at radius 3 is 2.20 bits per heavy atom. The second-order valence-corrected chi connectivity index (χ2v) is 8.20. The molecule has 0 heterocycles. The Bertz CT molecular complexity index is 594. The summed E-state index contributed by atoms with van der Waals surface area (Å²) in [6.45, 7) is 2.28. The van der Waals surface area contributed by atoms with Crippen molar-refractivity contribution in [2.75, 3.05) is 0 Å². The fourth-order valence-electron chi connectivity index (χ4n) is 4.63. The molecule has 0 N–H and O–H groups in total. The average molecular weight is 347 g/mol. The van der Waals surface area contributed by atoms with Crippen molar-refractivity contribution >= 4 is 0 Å². The Morgan fingerprint density at radius 2 is 1.52 bits per heavy atom. The lowest BCUT2D eigenvalue weighted by atomic mass is 9.77. The molecule has 1 aromatic rings. The van der Waals surface area contributed by atoms with Gasteiger partial charge in [-0.25, -0.2) is 8.78 Å². The minimum atomic E-state index is -0.716. The molecule has 0 aliphatic heterocycles. The summed E-state index contributed by atoms with van der Waals surface area (Å²) >= 11 is 0. The zero-order valence-electron chi connectivity index (χ0n) is 15.6. The van der Waals surface area contributed by atoms with E-state index in [9.17, 15) is 8.78 Å². The lowest BCUT2D eigenvalue weighted by Gasteiger charge is -2.29. The molecule has 0 atom stereocenters. The van der Waals surface area contributed by atoms with E-state index in [1.165, 1.54) is 75.5 Å². The third-order valence-corrected chi connectivity index (χ3v) is 6.33. The molecule has 0 radical (unpaired) electrons. The van der Waals surface area contributed by atoms with Crippen molar-refractivity contribution in [3.8, 4) is 0 Å². The van der Waals surface area contributed by atoms with Gasteiger partial charge in [0, 0.05) is 0 Å². The summed E-state index contributed by atoms with van der Waals surface area (Å²) in [6.07, 6.45) is 17.4. The summed E-state index contributed by atoms with van der Waals surface area (Å²) in [5.41, 5.74) is 3.36. The van der Waals surface area contributed by atoms with Gasteiger partial charge in [0.05, 0.1) is 0 Å². The first kappa shape index (κ1) is 18.6. The Hall–Kier alpha value is -1.18. The second-order valence-electron chi connectivity index (χ2n) is 8.20. The van der Waals surface area contributed by atoms with Crippen LogP contribution in [0.3, 0.4) is 0 Å². The Balaban J connectivity index is 1.41. The van der Waals surface area contributed by atoms with Crippen molar-refractivity contribution in [3.05, 3.63) is 46.5 Å². The van der Waals surface area contributed by atoms with E-state index < -0.39 is 11.6 Å². The van der Waals surface area contributed by atoms with Gasteiger partial charge >= 0.3 is 0 Å². The fourth-order valence-corrected chi connectivity index (χ4v) is 4.63. The van der Waals surface area contributed by atoms with Crippen LogP contribution < -0.4 is 0 Å². The summed E-state index contributed by atoms with van der Waals surface area (Å²) in [4.78, 5) is 0. The third-order valence-electron chi connectivity index (χ3n) is 6.33. The summed E-state index contributed by atoms with van der Waals surface area (Å²) in [7, 11) is 0. The maximum absolute atomic E-state index is 13.5. The molecule has 1 fully saturated rings. The zero-order valence-corrected chi connectivity index (χ0v) is 15.6. The highest BCUT2D eigenvalue weighted by atomic mass is 19.2. The van der Waals surface area contributed by atoms with Crippen LogP contribution in [0, 0.1) is 23.5 Å². The van der Waals surface area contributed by atoms with E-state index in [2.05, 4.69) is 13.0 Å². The van der Waals surface area contributed by atoms with Gasteiger partial charge in [-0.15, -0.1) is 0 Å². The van der Waals surface area contributed by atoms with Crippen LogP contribution in [0.1, 0.15) is 82.3 Å². The molecule has 0 nitrogen and oxygen atoms in total. The summed E-state index contributed by atoms with van der Waals surface area (Å²) in [6, 6.07) is 2.77. The summed E-state index contributed by atoms with van der Waals surface area (Å²) in [5.74, 6) is 0.420. The molecule has 25 heavy (non-hydrogen) atoms. The van der Waals surface area contributed by atoms with E-state index in [0.29, 0.717) is 0 Å². The maximum atomic E-state index is 13.5. The lowest BCUT2D eigenvalue weighted by Crippen LogP contribution is -2.15. The number of rotatable bonds is 7. The minimum absolute atomic E-state index is 0.707. The van der Waals surface area contributed by atoms with Crippen LogP contribution >= 0.6 is 0 Å². The van der Waals surface area contributed by atoms with Gasteiger partial charge in [0.25, 0.3) is 0 Å². The van der Waals surface area contributed by atoms with E-state index in [0.717, 1.165) is 42.2 Å². The molecular weight excluding hydrogens is 314 g/mol. The van der Waals surface area contributed by atoms with Crippen molar-refractivity contribution < 1.29 is 8.78 Å². The monoisotopic (exact) mass is 346 g/mol. The second kappa shape index (κ2) is 8.96. The van der Waals surface area contributed by atoms with Crippen LogP contribution in [0.15, 0.2) is 23.8 Å². The van der Waals surface area contributed by atoms with Crippen LogP contribution in [-0.4, -0.2) is 0 Å². The van der Waals surface area contributed by atoms with Crippen molar-refractivity contribution in [2.24, 2.45) is 11.8 Å². The zero-order chi connectivity index (χ0) is 17.6. The maximum Gasteiger partial charge on any atom is 0.159 e. The Kier molecular flexibility index (Phi) is 6.67. The van der Waals surface area contributed by atoms with Crippen LogP contribution in [0.5, 0.6) is 0 Å². The molecule has 0 aromatic heterocycles. The normalized spacial score (nSPS) is 23.2. The van der Waals surface area contributed by atoms with E-state index >= 15 is 0 Å². The molecule has 3 rings (SSSR count). The van der Waals surface area contributed by atoms with E-state index in [4.69, 9.17) is 0 Å². The number of hydrogen-bond acceptors (Lipinski definition) is 0. The number of hydrogen-bond donors (Lipinski definition) is 0. The minimum Gasteiger partial charge on any atom is -0.204 e. The van der Waals surface area contributed by atoms with Crippen molar-refractivity contribution in [2.45, 2.75) is 84.0 Å². The highest BCUT2D eigenvalue weighted by Gasteiger charge is 2.21. The molecule has 138 valence electrons. The topological polar surface area (TPSA) is 0 Å². The molecule has 2 aliphatic rings. The molecular formula is C23H32F2. The first-order chi connectivity index (χ1) is 12.2. The summed E-state index contributed by atoms with van der Waals surface area (Å²) in [5, 5.41) is 0. The van der Waals surface area contributed by atoms with Gasteiger partial charge in [-0.2, -0.15) is 0 Å². The van der Waals surface area contributed by atoms with Gasteiger partial charge < -0.3 is 0 Å². The third kappa shape index (κ3) is 5.15. The highest BCUT2D eigenvalue weighted by molar-refractivity contribution is 5.37. The molecule has 2 heteroatoms. The van der Waals surface area contributed by atoms with E-state index in [1.807, 2.05) is 0 Å². The SMILES string of the molecule is CCCCCC1CCC(CCC2=CCc3cc(F)c(F)cc3C2)CC1. The number of fused-ring (bicyclic) bond motifs is 1.